The third-order valence-corrected chi connectivity index (χ3v) is 3.49. The third-order valence-electron chi connectivity index (χ3n) is 3.08. The normalized spacial score (nSPS) is 18.1. The quantitative estimate of drug-likeness (QED) is 0.827. The molecule has 0 N–H and O–H groups in total. The van der Waals surface area contributed by atoms with Gasteiger partial charge in [-0.3, -0.25) is 0 Å². The number of hydrogen-bond acceptors (Lipinski definition) is 3. The van der Waals surface area contributed by atoms with Gasteiger partial charge in [0.2, 0.25) is 5.95 Å². The summed E-state index contributed by atoms with van der Waals surface area (Å²) in [5.74, 6) is 1.77. The SMILES string of the molecule is CCC1CCN(c2ncc(Br)cn2)CC1. The van der Waals surface area contributed by atoms with Crippen LogP contribution >= 0.6 is 15.9 Å². The molecule has 4 heteroatoms. The Balaban J connectivity index is 1.98. The number of halogens is 1. The molecule has 1 aliphatic rings. The highest BCUT2D eigenvalue weighted by Crippen LogP contribution is 2.22. The standard InChI is InChI=1S/C11H16BrN3/c1-2-9-3-5-15(6-4-9)11-13-7-10(12)8-14-11/h7-9H,2-6H2,1H3. The third kappa shape index (κ3) is 2.68. The lowest BCUT2D eigenvalue weighted by atomic mass is 9.95. The molecule has 3 nitrogen and oxygen atoms in total. The Morgan fingerprint density at radius 1 is 1.33 bits per heavy atom. The summed E-state index contributed by atoms with van der Waals surface area (Å²) in [6.45, 7) is 4.47. The van der Waals surface area contributed by atoms with Gasteiger partial charge in [0.25, 0.3) is 0 Å². The van der Waals surface area contributed by atoms with Crippen molar-refractivity contribution in [3.8, 4) is 0 Å². The molecule has 1 aromatic rings. The molecule has 15 heavy (non-hydrogen) atoms. The maximum atomic E-state index is 4.32. The van der Waals surface area contributed by atoms with E-state index in [0.29, 0.717) is 0 Å². The van der Waals surface area contributed by atoms with E-state index in [1.165, 1.54) is 19.3 Å². The predicted octanol–water partition coefficient (Wildman–Crippen LogP) is 2.87. The van der Waals surface area contributed by atoms with Crippen molar-refractivity contribution < 1.29 is 0 Å². The van der Waals surface area contributed by atoms with E-state index in [9.17, 15) is 0 Å². The number of piperidine rings is 1. The first kappa shape index (κ1) is 10.9. The molecule has 0 aliphatic carbocycles. The van der Waals surface area contributed by atoms with Gasteiger partial charge >= 0.3 is 0 Å². The van der Waals surface area contributed by atoms with E-state index < -0.39 is 0 Å². The highest BCUT2D eigenvalue weighted by molar-refractivity contribution is 9.10. The van der Waals surface area contributed by atoms with Crippen molar-refractivity contribution >= 4 is 21.9 Å². The van der Waals surface area contributed by atoms with Crippen molar-refractivity contribution in [1.29, 1.82) is 0 Å². The van der Waals surface area contributed by atoms with Crippen molar-refractivity contribution in [2.75, 3.05) is 18.0 Å². The van der Waals surface area contributed by atoms with Gasteiger partial charge in [0.05, 0.1) is 4.47 Å². The summed E-state index contributed by atoms with van der Waals surface area (Å²) in [6, 6.07) is 0. The number of hydrogen-bond donors (Lipinski definition) is 0. The number of anilines is 1. The predicted molar refractivity (Wildman–Crippen MR) is 65.0 cm³/mol. The second kappa shape index (κ2) is 4.92. The summed E-state index contributed by atoms with van der Waals surface area (Å²) >= 11 is 3.35. The van der Waals surface area contributed by atoms with Gasteiger partial charge in [-0.25, -0.2) is 9.97 Å². The maximum absolute atomic E-state index is 4.32. The zero-order valence-electron chi connectivity index (χ0n) is 8.99. The second-order valence-corrected chi connectivity index (χ2v) is 4.96. The first-order valence-electron chi connectivity index (χ1n) is 5.52. The van der Waals surface area contributed by atoms with Crippen LogP contribution in [0.3, 0.4) is 0 Å². The Kier molecular flexibility index (Phi) is 3.57. The molecule has 0 unspecified atom stereocenters. The molecule has 0 saturated carbocycles. The molecule has 1 aromatic heterocycles. The Bertz CT molecular complexity index is 304. The summed E-state index contributed by atoms with van der Waals surface area (Å²) in [4.78, 5) is 10.9. The lowest BCUT2D eigenvalue weighted by molar-refractivity contribution is 0.392. The largest absolute Gasteiger partial charge is 0.341 e. The van der Waals surface area contributed by atoms with Crippen LogP contribution in [0.2, 0.25) is 0 Å². The van der Waals surface area contributed by atoms with Crippen LogP contribution in [0.1, 0.15) is 26.2 Å². The van der Waals surface area contributed by atoms with Gasteiger partial charge in [-0.05, 0) is 34.7 Å². The first-order valence-corrected chi connectivity index (χ1v) is 6.31. The van der Waals surface area contributed by atoms with Crippen molar-refractivity contribution in [1.82, 2.24) is 9.97 Å². The van der Waals surface area contributed by atoms with E-state index in [4.69, 9.17) is 0 Å². The van der Waals surface area contributed by atoms with Gasteiger partial charge < -0.3 is 4.90 Å². The molecule has 1 saturated heterocycles. The highest BCUT2D eigenvalue weighted by Gasteiger charge is 2.19. The number of rotatable bonds is 2. The monoisotopic (exact) mass is 269 g/mol. The Labute approximate surface area is 99.0 Å². The summed E-state index contributed by atoms with van der Waals surface area (Å²) < 4.78 is 0.940. The molecule has 0 aromatic carbocycles. The minimum atomic E-state index is 0.868. The molecular formula is C11H16BrN3. The smallest absolute Gasteiger partial charge is 0.225 e. The van der Waals surface area contributed by atoms with Gasteiger partial charge in [0.15, 0.2) is 0 Å². The van der Waals surface area contributed by atoms with Crippen molar-refractivity contribution in [2.45, 2.75) is 26.2 Å². The molecule has 0 bridgehead atoms. The van der Waals surface area contributed by atoms with Crippen LogP contribution in [0.5, 0.6) is 0 Å². The fraction of sp³-hybridized carbons (Fsp3) is 0.636. The molecule has 0 radical (unpaired) electrons. The lowest BCUT2D eigenvalue weighted by Gasteiger charge is -2.31. The maximum Gasteiger partial charge on any atom is 0.225 e. The van der Waals surface area contributed by atoms with Crippen molar-refractivity contribution in [3.05, 3.63) is 16.9 Å². The number of nitrogens with zero attached hydrogens (tertiary/aromatic N) is 3. The topological polar surface area (TPSA) is 29.0 Å². The van der Waals surface area contributed by atoms with E-state index in [1.54, 1.807) is 0 Å². The summed E-state index contributed by atoms with van der Waals surface area (Å²) in [5.41, 5.74) is 0. The van der Waals surface area contributed by atoms with Crippen molar-refractivity contribution in [3.63, 3.8) is 0 Å². The second-order valence-electron chi connectivity index (χ2n) is 4.04. The molecule has 2 heterocycles. The van der Waals surface area contributed by atoms with Gasteiger partial charge in [-0.15, -0.1) is 0 Å². The first-order chi connectivity index (χ1) is 7.29. The molecular weight excluding hydrogens is 254 g/mol. The molecule has 1 fully saturated rings. The zero-order chi connectivity index (χ0) is 10.7. The van der Waals surface area contributed by atoms with Crippen LogP contribution in [-0.4, -0.2) is 23.1 Å². The molecule has 82 valence electrons. The lowest BCUT2D eigenvalue weighted by Crippen LogP contribution is -2.34. The van der Waals surface area contributed by atoms with E-state index in [2.05, 4.69) is 37.7 Å². The molecule has 0 atom stereocenters. The minimum Gasteiger partial charge on any atom is -0.341 e. The molecule has 0 spiro atoms. The van der Waals surface area contributed by atoms with Crippen LogP contribution in [0.15, 0.2) is 16.9 Å². The van der Waals surface area contributed by atoms with Gasteiger partial charge in [-0.2, -0.15) is 0 Å². The van der Waals surface area contributed by atoms with Gasteiger partial charge in [-0.1, -0.05) is 13.3 Å². The Hall–Kier alpha value is -0.640. The van der Waals surface area contributed by atoms with E-state index >= 15 is 0 Å². The Morgan fingerprint density at radius 3 is 2.47 bits per heavy atom. The van der Waals surface area contributed by atoms with E-state index in [-0.39, 0.29) is 0 Å². The van der Waals surface area contributed by atoms with E-state index in [0.717, 1.165) is 29.4 Å². The average Bonchev–Trinajstić information content (AvgIpc) is 2.30. The van der Waals surface area contributed by atoms with Crippen LogP contribution < -0.4 is 4.90 Å². The highest BCUT2D eigenvalue weighted by atomic mass is 79.9. The molecule has 0 amide bonds. The zero-order valence-corrected chi connectivity index (χ0v) is 10.6. The van der Waals surface area contributed by atoms with Crippen LogP contribution in [0.4, 0.5) is 5.95 Å². The van der Waals surface area contributed by atoms with Gasteiger partial charge in [0, 0.05) is 25.5 Å². The molecule has 2 rings (SSSR count). The minimum absolute atomic E-state index is 0.868. The number of aromatic nitrogens is 2. The molecule has 1 aliphatic heterocycles. The summed E-state index contributed by atoms with van der Waals surface area (Å²) in [7, 11) is 0. The van der Waals surface area contributed by atoms with Crippen LogP contribution in [0.25, 0.3) is 0 Å². The summed E-state index contributed by atoms with van der Waals surface area (Å²) in [5, 5.41) is 0. The van der Waals surface area contributed by atoms with Crippen molar-refractivity contribution in [2.24, 2.45) is 5.92 Å². The Morgan fingerprint density at radius 2 is 1.93 bits per heavy atom. The van der Waals surface area contributed by atoms with Crippen LogP contribution in [-0.2, 0) is 0 Å². The summed E-state index contributed by atoms with van der Waals surface area (Å²) in [6.07, 6.45) is 7.48. The van der Waals surface area contributed by atoms with Gasteiger partial charge in [0.1, 0.15) is 0 Å². The average molecular weight is 270 g/mol. The van der Waals surface area contributed by atoms with Crippen LogP contribution in [0, 0.1) is 5.92 Å². The fourth-order valence-electron chi connectivity index (χ4n) is 2.01. The fourth-order valence-corrected chi connectivity index (χ4v) is 2.21. The van der Waals surface area contributed by atoms with E-state index in [1.807, 2.05) is 12.4 Å².